The number of fused-ring (bicyclic) bond motifs is 2. The number of anilines is 1. The van der Waals surface area contributed by atoms with Gasteiger partial charge in [-0.25, -0.2) is 4.52 Å². The van der Waals surface area contributed by atoms with Crippen molar-refractivity contribution >= 4 is 28.1 Å². The molecule has 0 saturated heterocycles. The van der Waals surface area contributed by atoms with Gasteiger partial charge in [-0.15, -0.1) is 5.10 Å². The highest BCUT2D eigenvalue weighted by Gasteiger charge is 2.23. The summed E-state index contributed by atoms with van der Waals surface area (Å²) in [5, 5.41) is 18.8. The molecule has 0 bridgehead atoms. The van der Waals surface area contributed by atoms with Crippen molar-refractivity contribution < 1.29 is 9.90 Å². The molecule has 1 aliphatic rings. The minimum atomic E-state index is -0.477. The Morgan fingerprint density at radius 2 is 1.84 bits per heavy atom. The van der Waals surface area contributed by atoms with E-state index >= 15 is 0 Å². The van der Waals surface area contributed by atoms with Crippen LogP contribution in [0.3, 0.4) is 0 Å². The molecule has 1 aliphatic carbocycles. The molecule has 1 amide bonds. The van der Waals surface area contributed by atoms with Crippen molar-refractivity contribution in [3.8, 4) is 5.95 Å². The number of nitrogen functional groups attached to an aromatic ring is 1. The molecular formula is C29H33N7O2. The number of amides is 1. The van der Waals surface area contributed by atoms with E-state index in [2.05, 4.69) is 29.4 Å². The van der Waals surface area contributed by atoms with Crippen LogP contribution in [-0.2, 0) is 6.54 Å². The number of benzene rings is 2. The Bertz CT molecular complexity index is 1590. The predicted octanol–water partition coefficient (Wildman–Crippen LogP) is 3.66. The summed E-state index contributed by atoms with van der Waals surface area (Å²) in [6.07, 6.45) is 2.34. The van der Waals surface area contributed by atoms with Crippen molar-refractivity contribution in [2.24, 2.45) is 5.73 Å². The lowest BCUT2D eigenvalue weighted by Crippen LogP contribution is -2.27. The predicted molar refractivity (Wildman–Crippen MR) is 149 cm³/mol. The molecule has 38 heavy (non-hydrogen) atoms. The number of aliphatic hydroxyl groups excluding tert-OH is 1. The molecule has 2 aromatic carbocycles. The van der Waals surface area contributed by atoms with Gasteiger partial charge in [-0.3, -0.25) is 9.36 Å². The number of hydrogen-bond acceptors (Lipinski definition) is 6. The van der Waals surface area contributed by atoms with E-state index in [1.807, 2.05) is 54.0 Å². The monoisotopic (exact) mass is 511 g/mol. The third-order valence-electron chi connectivity index (χ3n) is 7.02. The van der Waals surface area contributed by atoms with Gasteiger partial charge in [0.1, 0.15) is 5.52 Å². The van der Waals surface area contributed by atoms with E-state index in [0.29, 0.717) is 29.9 Å². The summed E-state index contributed by atoms with van der Waals surface area (Å²) in [6.45, 7) is 4.62. The molecule has 9 nitrogen and oxygen atoms in total. The highest BCUT2D eigenvalue weighted by Crippen LogP contribution is 2.27. The van der Waals surface area contributed by atoms with Gasteiger partial charge in [-0.2, -0.15) is 4.98 Å². The molecule has 5 aromatic rings. The van der Waals surface area contributed by atoms with Crippen molar-refractivity contribution in [1.82, 2.24) is 24.5 Å². The maximum absolute atomic E-state index is 11.8. The van der Waals surface area contributed by atoms with Crippen LogP contribution in [0.15, 0.2) is 66.7 Å². The molecule has 2 unspecified atom stereocenters. The average molecular weight is 512 g/mol. The number of nitrogens with one attached hydrogen (secondary N) is 1. The second kappa shape index (κ2) is 10.6. The average Bonchev–Trinajstić information content (AvgIpc) is 3.59. The normalized spacial score (nSPS) is 17.0. The quantitative estimate of drug-likeness (QED) is 0.284. The number of nitrogens with zero attached hydrogens (tertiary/aromatic N) is 4. The lowest BCUT2D eigenvalue weighted by Gasteiger charge is -2.13. The molecule has 1 saturated carbocycles. The molecule has 0 radical (unpaired) electrons. The number of hydrogen-bond donors (Lipinski definition) is 4. The fraction of sp³-hybridized carbons (Fsp3) is 0.276. The third kappa shape index (κ3) is 5.11. The van der Waals surface area contributed by atoms with E-state index in [4.69, 9.17) is 16.6 Å². The zero-order valence-electron chi connectivity index (χ0n) is 21.6. The van der Waals surface area contributed by atoms with E-state index in [1.54, 1.807) is 16.6 Å². The van der Waals surface area contributed by atoms with Crippen LogP contribution in [0, 0.1) is 13.8 Å². The van der Waals surface area contributed by atoms with Crippen LogP contribution in [0.2, 0.25) is 0 Å². The van der Waals surface area contributed by atoms with Crippen molar-refractivity contribution in [1.29, 1.82) is 0 Å². The number of rotatable bonds is 5. The minimum Gasteiger partial charge on any atom is -0.393 e. The Hall–Kier alpha value is -4.21. The maximum Gasteiger partial charge on any atom is 0.254 e. The molecule has 9 heteroatoms. The number of carbonyl (C=O) groups excluding carboxylic acids is 1. The highest BCUT2D eigenvalue weighted by atomic mass is 16.3. The van der Waals surface area contributed by atoms with E-state index in [-0.39, 0.29) is 6.10 Å². The molecule has 3 heterocycles. The van der Waals surface area contributed by atoms with E-state index < -0.39 is 5.91 Å². The van der Waals surface area contributed by atoms with Crippen molar-refractivity contribution in [3.05, 3.63) is 89.2 Å². The van der Waals surface area contributed by atoms with Crippen molar-refractivity contribution in [2.45, 2.75) is 51.8 Å². The van der Waals surface area contributed by atoms with Crippen molar-refractivity contribution in [3.63, 3.8) is 0 Å². The van der Waals surface area contributed by atoms with Crippen LogP contribution in [0.25, 0.3) is 22.4 Å². The first-order chi connectivity index (χ1) is 18.3. The minimum absolute atomic E-state index is 0.221. The lowest BCUT2D eigenvalue weighted by atomic mass is 10.1. The van der Waals surface area contributed by atoms with Gasteiger partial charge >= 0.3 is 0 Å². The summed E-state index contributed by atoms with van der Waals surface area (Å²) in [5.74, 6) is 0.321. The van der Waals surface area contributed by atoms with E-state index in [0.717, 1.165) is 47.1 Å². The molecule has 6 rings (SSSR count). The fourth-order valence-electron chi connectivity index (χ4n) is 5.06. The standard InChI is InChI=1S/C22H25N7O2.C7H8/c1-12-9-17-16(21(24)31)3-2-4-18(17)28(12)22-26-20(23)19-8-6-14(29(19)27-22)11-25-13-5-7-15(30)10-13;1-7-5-3-2-4-6-7/h2-4,6,8-9,13,15,25,30H,5,7,10-11H2,1H3,(H2,24,31)(H2,23,26,27);2-6H,1H3. The van der Waals surface area contributed by atoms with E-state index in [1.165, 1.54) is 5.56 Å². The molecule has 1 fully saturated rings. The number of aliphatic hydroxyl groups is 1. The Balaban J connectivity index is 0.000000366. The first kappa shape index (κ1) is 25.4. The molecular weight excluding hydrogens is 478 g/mol. The topological polar surface area (TPSA) is 136 Å². The largest absolute Gasteiger partial charge is 0.393 e. The SMILES string of the molecule is Cc1cc2c(C(N)=O)cccc2n1-c1nc(N)c2ccc(CNC3CCC(O)C3)n2n1.Cc1ccccc1. The Morgan fingerprint density at radius 1 is 1.05 bits per heavy atom. The number of carbonyl (C=O) groups is 1. The molecule has 3 aromatic heterocycles. The van der Waals surface area contributed by atoms with Gasteiger partial charge in [-0.05, 0) is 63.4 Å². The van der Waals surface area contributed by atoms with Crippen LogP contribution in [0.5, 0.6) is 0 Å². The fourth-order valence-corrected chi connectivity index (χ4v) is 5.06. The van der Waals surface area contributed by atoms with Gasteiger partial charge < -0.3 is 21.9 Å². The molecule has 196 valence electrons. The van der Waals surface area contributed by atoms with Gasteiger partial charge in [0.15, 0.2) is 5.82 Å². The summed E-state index contributed by atoms with van der Waals surface area (Å²) in [6, 6.07) is 21.8. The molecule has 2 atom stereocenters. The van der Waals surface area contributed by atoms with Crippen LogP contribution in [-0.4, -0.2) is 42.3 Å². The van der Waals surface area contributed by atoms with Crippen LogP contribution in [0.4, 0.5) is 5.82 Å². The number of nitrogens with two attached hydrogens (primary N) is 2. The van der Waals surface area contributed by atoms with Crippen molar-refractivity contribution in [2.75, 3.05) is 5.73 Å². The Labute approximate surface area is 221 Å². The number of aromatic nitrogens is 4. The first-order valence-electron chi connectivity index (χ1n) is 12.8. The zero-order chi connectivity index (χ0) is 26.8. The van der Waals surface area contributed by atoms with Crippen LogP contribution < -0.4 is 16.8 Å². The highest BCUT2D eigenvalue weighted by molar-refractivity contribution is 6.06. The zero-order valence-corrected chi connectivity index (χ0v) is 21.6. The van der Waals surface area contributed by atoms with Crippen LogP contribution >= 0.6 is 0 Å². The second-order valence-electron chi connectivity index (χ2n) is 9.84. The molecule has 6 N–H and O–H groups in total. The molecule has 0 aliphatic heterocycles. The Morgan fingerprint density at radius 3 is 2.50 bits per heavy atom. The number of primary amides is 1. The summed E-state index contributed by atoms with van der Waals surface area (Å²) in [7, 11) is 0. The summed E-state index contributed by atoms with van der Waals surface area (Å²) >= 11 is 0. The summed E-state index contributed by atoms with van der Waals surface area (Å²) in [5.41, 5.74) is 17.0. The van der Waals surface area contributed by atoms with Crippen LogP contribution in [0.1, 0.15) is 46.6 Å². The Kier molecular flexibility index (Phi) is 7.13. The van der Waals surface area contributed by atoms with Gasteiger partial charge in [0.25, 0.3) is 5.95 Å². The summed E-state index contributed by atoms with van der Waals surface area (Å²) in [4.78, 5) is 16.4. The summed E-state index contributed by atoms with van der Waals surface area (Å²) < 4.78 is 3.68. The van der Waals surface area contributed by atoms with Gasteiger partial charge in [0, 0.05) is 29.2 Å². The number of aryl methyl sites for hydroxylation is 2. The maximum atomic E-state index is 11.8. The third-order valence-corrected chi connectivity index (χ3v) is 7.02. The smallest absolute Gasteiger partial charge is 0.254 e. The lowest BCUT2D eigenvalue weighted by molar-refractivity contribution is 0.100. The van der Waals surface area contributed by atoms with Gasteiger partial charge in [0.05, 0.1) is 17.3 Å². The van der Waals surface area contributed by atoms with E-state index in [9.17, 15) is 9.90 Å². The first-order valence-corrected chi connectivity index (χ1v) is 12.8. The second-order valence-corrected chi connectivity index (χ2v) is 9.84. The molecule has 0 spiro atoms. The van der Waals surface area contributed by atoms with Gasteiger partial charge in [-0.1, -0.05) is 42.0 Å². The van der Waals surface area contributed by atoms with Gasteiger partial charge in [0.2, 0.25) is 5.91 Å².